The van der Waals surface area contributed by atoms with Crippen molar-refractivity contribution >= 4 is 15.4 Å². The molecule has 1 amide bonds. The average molecular weight is 535 g/mol. The molecule has 1 aromatic carbocycles. The van der Waals surface area contributed by atoms with Gasteiger partial charge in [-0.15, -0.1) is 6.42 Å². The number of allylic oxidation sites excluding steroid dienone is 4. The van der Waals surface area contributed by atoms with E-state index in [1.807, 2.05) is 38.1 Å². The smallest absolute Gasteiger partial charge is 1.00 e. The Morgan fingerprint density at radius 2 is 1.74 bits per heavy atom. The summed E-state index contributed by atoms with van der Waals surface area (Å²) in [5.74, 6) is -0.296. The number of benzene rings is 1. The molecule has 0 spiro atoms. The van der Waals surface area contributed by atoms with Crippen LogP contribution in [-0.2, 0) is 25.8 Å². The maximum absolute atomic E-state index is 10.8. The van der Waals surface area contributed by atoms with E-state index in [1.165, 1.54) is 0 Å². The van der Waals surface area contributed by atoms with Crippen LogP contribution in [0.2, 0.25) is 13.1 Å². The number of carbonyl (C=O) groups is 1. The van der Waals surface area contributed by atoms with E-state index in [9.17, 15) is 4.79 Å². The molecule has 1 aromatic rings. The van der Waals surface area contributed by atoms with Crippen molar-refractivity contribution in [2.45, 2.75) is 39.3 Å². The Morgan fingerprint density at radius 3 is 2.00 bits per heavy atom. The van der Waals surface area contributed by atoms with Gasteiger partial charge in [0.25, 0.3) is 0 Å². The van der Waals surface area contributed by atoms with Gasteiger partial charge in [-0.1, -0.05) is 51.2 Å². The van der Waals surface area contributed by atoms with E-state index in [0.717, 1.165) is 21.5 Å². The van der Waals surface area contributed by atoms with Crippen molar-refractivity contribution in [1.29, 1.82) is 0 Å². The maximum Gasteiger partial charge on any atom is 4.00 e. The summed E-state index contributed by atoms with van der Waals surface area (Å²) in [6.45, 7) is 8.34. The third-order valence-electron chi connectivity index (χ3n) is 2.41. The Kier molecular flexibility index (Phi) is 26.5. The van der Waals surface area contributed by atoms with E-state index in [0.29, 0.717) is 11.5 Å². The molecule has 0 atom stereocenters. The Balaban J connectivity index is -0.000000140. The Labute approximate surface area is 174 Å². The van der Waals surface area contributed by atoms with Crippen LogP contribution in [0.4, 0.5) is 0 Å². The zero-order valence-corrected chi connectivity index (χ0v) is 20.1. The number of nitrogens with one attached hydrogen (secondary N) is 1. The van der Waals surface area contributed by atoms with Gasteiger partial charge in [0.15, 0.2) is 0 Å². The standard InChI is InChI=1S/C10H13NO.C5H5.C2H6Si.2ClH.Hf/c1-7(2)8-5-3-4-6-9(8)10(11)12;1-2-4-5-3-1;1-3-2;;;/h3-7H,1-2H3,(H2,11,12);1-3H,4H2;1-2H3;2*1H;/q;-1;;;;+4/p-3. The van der Waals surface area contributed by atoms with Crippen LogP contribution in [-0.4, -0.2) is 15.4 Å². The van der Waals surface area contributed by atoms with Gasteiger partial charge in [-0.3, -0.25) is 6.08 Å². The molecule has 1 aliphatic carbocycles. The topological polar surface area (TPSA) is 40.9 Å². The van der Waals surface area contributed by atoms with Gasteiger partial charge in [0.1, 0.15) is 0 Å². The first-order chi connectivity index (χ1) is 9.54. The van der Waals surface area contributed by atoms with Gasteiger partial charge in [-0.05, 0) is 11.5 Å². The number of rotatable bonds is 2. The molecule has 0 saturated carbocycles. The predicted octanol–water partition coefficient (Wildman–Crippen LogP) is -0.900. The summed E-state index contributed by atoms with van der Waals surface area (Å²) in [5, 5.41) is 0. The van der Waals surface area contributed by atoms with Crippen LogP contribution < -0.4 is 24.8 Å². The van der Waals surface area contributed by atoms with Crippen LogP contribution in [0.25, 0.3) is 5.73 Å². The van der Waals surface area contributed by atoms with E-state index in [-0.39, 0.29) is 50.7 Å². The SMILES string of the molecule is CC(C)c1ccccc1C([NH-])=O.C[Si]C.[C-]1=CC=CC1.[Cl-].[Cl-].[Hf+4]. The average Bonchev–Trinajstić information content (AvgIpc) is 2.98. The summed E-state index contributed by atoms with van der Waals surface area (Å²) in [5.41, 5.74) is 8.49. The molecule has 1 N–H and O–H groups in total. The number of halogens is 2. The van der Waals surface area contributed by atoms with Crippen molar-refractivity contribution in [3.63, 3.8) is 0 Å². The van der Waals surface area contributed by atoms with Gasteiger partial charge >= 0.3 is 25.8 Å². The number of carbonyl (C=O) groups excluding carboxylic acids is 1. The normalized spacial score (nSPS) is 9.96. The van der Waals surface area contributed by atoms with Crippen LogP contribution in [0.15, 0.2) is 42.5 Å². The van der Waals surface area contributed by atoms with Crippen LogP contribution in [0, 0.1) is 6.08 Å². The summed E-state index contributed by atoms with van der Waals surface area (Å²) in [6, 6.07) is 7.27. The van der Waals surface area contributed by atoms with Crippen LogP contribution >= 0.6 is 0 Å². The third kappa shape index (κ3) is 15.1. The molecule has 0 bridgehead atoms. The first-order valence-electron chi connectivity index (χ1n) is 6.69. The monoisotopic (exact) mass is 535 g/mol. The molecule has 2 rings (SSSR count). The zero-order valence-electron chi connectivity index (χ0n) is 14.0. The molecule has 124 valence electrons. The molecule has 0 unspecified atom stereocenters. The minimum atomic E-state index is -0.598. The third-order valence-corrected chi connectivity index (χ3v) is 2.41. The summed E-state index contributed by atoms with van der Waals surface area (Å²) >= 11 is 0. The van der Waals surface area contributed by atoms with Gasteiger partial charge in [-0.2, -0.15) is 6.08 Å². The van der Waals surface area contributed by atoms with E-state index in [1.54, 1.807) is 12.1 Å². The van der Waals surface area contributed by atoms with Crippen molar-refractivity contribution in [3.8, 4) is 0 Å². The van der Waals surface area contributed by atoms with Crippen molar-refractivity contribution in [3.05, 3.63) is 65.4 Å². The molecule has 2 nitrogen and oxygen atoms in total. The number of amides is 1. The van der Waals surface area contributed by atoms with Crippen molar-refractivity contribution in [2.75, 3.05) is 0 Å². The van der Waals surface area contributed by atoms with Gasteiger partial charge < -0.3 is 35.3 Å². The van der Waals surface area contributed by atoms with Gasteiger partial charge in [0, 0.05) is 15.1 Å². The summed E-state index contributed by atoms with van der Waals surface area (Å²) in [4.78, 5) is 10.8. The molecule has 0 aromatic heterocycles. The van der Waals surface area contributed by atoms with E-state index in [4.69, 9.17) is 5.73 Å². The second-order valence-corrected chi connectivity index (χ2v) is 5.57. The molecule has 1 aliphatic rings. The molecular weight excluding hydrogens is 512 g/mol. The molecule has 0 aliphatic heterocycles. The predicted molar refractivity (Wildman–Crippen MR) is 88.2 cm³/mol. The summed E-state index contributed by atoms with van der Waals surface area (Å²) in [7, 11) is 1.08. The molecular formula is C17H23Cl2HfNOSi. The fourth-order valence-corrected chi connectivity index (χ4v) is 1.55. The Bertz CT molecular complexity index is 456. The maximum atomic E-state index is 10.8. The molecule has 23 heavy (non-hydrogen) atoms. The van der Waals surface area contributed by atoms with Crippen LogP contribution in [0.3, 0.4) is 0 Å². The van der Waals surface area contributed by atoms with Crippen molar-refractivity contribution < 1.29 is 55.5 Å². The van der Waals surface area contributed by atoms with Crippen LogP contribution in [0.1, 0.15) is 42.1 Å². The van der Waals surface area contributed by atoms with Crippen LogP contribution in [0.5, 0.6) is 0 Å². The van der Waals surface area contributed by atoms with Gasteiger partial charge in [0.2, 0.25) is 0 Å². The molecule has 2 radical (unpaired) electrons. The van der Waals surface area contributed by atoms with Crippen molar-refractivity contribution in [2.24, 2.45) is 0 Å². The fraction of sp³-hybridized carbons (Fsp3) is 0.353. The van der Waals surface area contributed by atoms with E-state index < -0.39 is 5.91 Å². The summed E-state index contributed by atoms with van der Waals surface area (Å²) in [6.07, 6.45) is 10.0. The number of hydrogen-bond acceptors (Lipinski definition) is 1. The minimum absolute atomic E-state index is 0. The summed E-state index contributed by atoms with van der Waals surface area (Å²) < 4.78 is 0. The fourth-order valence-electron chi connectivity index (χ4n) is 1.55. The molecule has 0 saturated heterocycles. The molecule has 0 fully saturated rings. The van der Waals surface area contributed by atoms with Gasteiger partial charge in [0.05, 0.1) is 5.91 Å². The second-order valence-electron chi connectivity index (χ2n) is 4.57. The molecule has 6 heteroatoms. The second kappa shape index (κ2) is 19.9. The Hall–Kier alpha value is -0.163. The van der Waals surface area contributed by atoms with E-state index in [2.05, 4.69) is 25.2 Å². The van der Waals surface area contributed by atoms with Gasteiger partial charge in [-0.25, -0.2) is 12.2 Å². The van der Waals surface area contributed by atoms with Crippen molar-refractivity contribution in [1.82, 2.24) is 0 Å². The number of hydrogen-bond donors (Lipinski definition) is 0. The molecule has 0 heterocycles. The Morgan fingerprint density at radius 1 is 1.22 bits per heavy atom. The largest absolute Gasteiger partial charge is 4.00 e. The first-order valence-corrected chi connectivity index (χ1v) is 8.69. The first kappa shape index (κ1) is 30.7. The zero-order chi connectivity index (χ0) is 15.4. The quantitative estimate of drug-likeness (QED) is 0.358. The minimum Gasteiger partial charge on any atom is -1.00 e. The van der Waals surface area contributed by atoms with E-state index >= 15 is 0 Å².